The van der Waals surface area contributed by atoms with E-state index in [4.69, 9.17) is 5.11 Å². The Morgan fingerprint density at radius 3 is 2.70 bits per heavy atom. The minimum atomic E-state index is -3.62. The predicted octanol–water partition coefficient (Wildman–Crippen LogP) is 0.811. The molecule has 114 valence electrons. The maximum atomic E-state index is 12.0. The molecule has 0 aromatic carbocycles. The van der Waals surface area contributed by atoms with Crippen LogP contribution < -0.4 is 4.72 Å². The van der Waals surface area contributed by atoms with E-state index in [1.54, 1.807) is 13.2 Å². The molecule has 0 bridgehead atoms. The van der Waals surface area contributed by atoms with E-state index in [0.29, 0.717) is 11.3 Å². The molecule has 2 atom stereocenters. The summed E-state index contributed by atoms with van der Waals surface area (Å²) in [5.74, 6) is -0.997. The fraction of sp³-hybridized carbons (Fsp3) is 0.545. The van der Waals surface area contributed by atoms with E-state index >= 15 is 0 Å². The second-order valence-electron chi connectivity index (χ2n) is 4.29. The van der Waals surface area contributed by atoms with Crippen molar-refractivity contribution in [3.05, 3.63) is 17.0 Å². The van der Waals surface area contributed by atoms with E-state index in [1.165, 1.54) is 12.1 Å². The van der Waals surface area contributed by atoms with Crippen molar-refractivity contribution in [2.75, 3.05) is 12.8 Å². The van der Waals surface area contributed by atoms with Crippen molar-refractivity contribution < 1.29 is 22.5 Å². The van der Waals surface area contributed by atoms with Gasteiger partial charge >= 0.3 is 5.97 Å². The molecule has 6 nitrogen and oxygen atoms in total. The van der Waals surface area contributed by atoms with Crippen LogP contribution in [0.5, 0.6) is 0 Å². The SMILES string of the molecule is CC(CCNS(=O)(=O)c1ccc(CC(=O)O)s1)S(C)=O. The zero-order valence-corrected chi connectivity index (χ0v) is 13.6. The van der Waals surface area contributed by atoms with Crippen LogP contribution in [0.1, 0.15) is 18.2 Å². The second-order valence-corrected chi connectivity index (χ2v) is 9.25. The largest absolute Gasteiger partial charge is 0.481 e. The number of sulfonamides is 1. The Morgan fingerprint density at radius 1 is 1.50 bits per heavy atom. The van der Waals surface area contributed by atoms with Gasteiger partial charge in [-0.2, -0.15) is 0 Å². The number of nitrogens with one attached hydrogen (secondary N) is 1. The zero-order valence-electron chi connectivity index (χ0n) is 11.2. The fourth-order valence-electron chi connectivity index (χ4n) is 1.38. The summed E-state index contributed by atoms with van der Waals surface area (Å²) in [5.41, 5.74) is 0. The van der Waals surface area contributed by atoms with E-state index in [2.05, 4.69) is 4.72 Å². The van der Waals surface area contributed by atoms with Crippen molar-refractivity contribution in [2.45, 2.75) is 29.2 Å². The van der Waals surface area contributed by atoms with Gasteiger partial charge in [0.05, 0.1) is 6.42 Å². The topological polar surface area (TPSA) is 101 Å². The van der Waals surface area contributed by atoms with E-state index in [1.807, 2.05) is 0 Å². The molecule has 0 radical (unpaired) electrons. The molecule has 1 aromatic heterocycles. The van der Waals surface area contributed by atoms with Crippen molar-refractivity contribution in [1.29, 1.82) is 0 Å². The van der Waals surface area contributed by atoms with Crippen molar-refractivity contribution >= 4 is 38.1 Å². The molecule has 0 aliphatic heterocycles. The predicted molar refractivity (Wildman–Crippen MR) is 79.0 cm³/mol. The summed E-state index contributed by atoms with van der Waals surface area (Å²) >= 11 is 0.942. The highest BCUT2D eigenvalue weighted by molar-refractivity contribution is 7.91. The summed E-state index contributed by atoms with van der Waals surface area (Å²) in [7, 11) is -4.60. The molecule has 1 rings (SSSR count). The van der Waals surface area contributed by atoms with Crippen LogP contribution in [0.15, 0.2) is 16.3 Å². The third-order valence-electron chi connectivity index (χ3n) is 2.64. The molecule has 2 N–H and O–H groups in total. The molecule has 0 saturated carbocycles. The number of carbonyl (C=O) groups is 1. The fourth-order valence-corrected chi connectivity index (χ4v) is 4.27. The highest BCUT2D eigenvalue weighted by Gasteiger charge is 2.18. The quantitative estimate of drug-likeness (QED) is 0.730. The third kappa shape index (κ3) is 5.31. The first-order valence-corrected chi connectivity index (χ1v) is 9.77. The molecular formula is C11H17NO5S3. The van der Waals surface area contributed by atoms with E-state index < -0.39 is 26.8 Å². The molecule has 0 saturated heterocycles. The van der Waals surface area contributed by atoms with E-state index in [9.17, 15) is 17.4 Å². The molecule has 0 aliphatic carbocycles. The number of aliphatic carboxylic acids is 1. The van der Waals surface area contributed by atoms with Crippen molar-refractivity contribution in [3.8, 4) is 0 Å². The Kier molecular flexibility index (Phi) is 6.31. The monoisotopic (exact) mass is 339 g/mol. The lowest BCUT2D eigenvalue weighted by Gasteiger charge is -2.08. The molecule has 0 amide bonds. The zero-order chi connectivity index (χ0) is 15.3. The summed E-state index contributed by atoms with van der Waals surface area (Å²) < 4.78 is 37.6. The van der Waals surface area contributed by atoms with Crippen LogP contribution in [-0.4, -0.2) is 41.8 Å². The second kappa shape index (κ2) is 7.30. The maximum absolute atomic E-state index is 12.0. The van der Waals surface area contributed by atoms with Crippen molar-refractivity contribution in [2.24, 2.45) is 0 Å². The molecule has 9 heteroatoms. The van der Waals surface area contributed by atoms with Gasteiger partial charge in [0, 0.05) is 33.7 Å². The number of carboxylic acids is 1. The summed E-state index contributed by atoms with van der Waals surface area (Å²) in [4.78, 5) is 11.0. The minimum Gasteiger partial charge on any atom is -0.481 e. The molecule has 0 fully saturated rings. The third-order valence-corrected chi connectivity index (χ3v) is 7.04. The summed E-state index contributed by atoms with van der Waals surface area (Å²) in [5, 5.41) is 8.57. The molecule has 1 heterocycles. The van der Waals surface area contributed by atoms with Crippen LogP contribution in [0.3, 0.4) is 0 Å². The Balaban J connectivity index is 2.62. The molecule has 0 aliphatic rings. The normalized spacial score (nSPS) is 14.9. The Bertz CT molecular complexity index is 593. The van der Waals surface area contributed by atoms with Gasteiger partial charge in [-0.3, -0.25) is 9.00 Å². The summed E-state index contributed by atoms with van der Waals surface area (Å²) in [6.07, 6.45) is 1.87. The number of hydrogen-bond donors (Lipinski definition) is 2. The minimum absolute atomic E-state index is 0.0800. The van der Waals surface area contributed by atoms with Crippen molar-refractivity contribution in [1.82, 2.24) is 4.72 Å². The lowest BCUT2D eigenvalue weighted by atomic mass is 10.3. The van der Waals surface area contributed by atoms with Gasteiger partial charge in [-0.25, -0.2) is 13.1 Å². The van der Waals surface area contributed by atoms with Crippen LogP contribution in [0.25, 0.3) is 0 Å². The van der Waals surface area contributed by atoms with Gasteiger partial charge in [0.1, 0.15) is 4.21 Å². The lowest BCUT2D eigenvalue weighted by Crippen LogP contribution is -2.27. The van der Waals surface area contributed by atoms with E-state index in [0.717, 1.165) is 11.3 Å². The Hall–Kier alpha value is -0.770. The number of thiophene rings is 1. The molecule has 1 aromatic rings. The first-order valence-electron chi connectivity index (χ1n) is 5.85. The lowest BCUT2D eigenvalue weighted by molar-refractivity contribution is -0.136. The molecule has 0 spiro atoms. The van der Waals surface area contributed by atoms with Crippen LogP contribution in [0, 0.1) is 0 Å². The van der Waals surface area contributed by atoms with Gasteiger partial charge in [-0.1, -0.05) is 6.92 Å². The highest BCUT2D eigenvalue weighted by Crippen LogP contribution is 2.21. The Labute approximate surface area is 124 Å². The summed E-state index contributed by atoms with van der Waals surface area (Å²) in [6.45, 7) is 2.00. The van der Waals surface area contributed by atoms with Gasteiger partial charge in [-0.05, 0) is 18.6 Å². The average molecular weight is 339 g/mol. The van der Waals surface area contributed by atoms with E-state index in [-0.39, 0.29) is 22.4 Å². The standard InChI is InChI=1S/C11H17NO5S3/c1-8(19(2)15)5-6-12-20(16,17)11-4-3-9(18-11)7-10(13)14/h3-4,8,12H,5-7H2,1-2H3,(H,13,14). The van der Waals surface area contributed by atoms with Crippen LogP contribution in [0.4, 0.5) is 0 Å². The summed E-state index contributed by atoms with van der Waals surface area (Å²) in [6, 6.07) is 2.89. The number of carboxylic acid groups (broad SMARTS) is 1. The van der Waals surface area contributed by atoms with Gasteiger partial charge in [0.2, 0.25) is 10.0 Å². The molecule has 20 heavy (non-hydrogen) atoms. The number of hydrogen-bond acceptors (Lipinski definition) is 5. The first-order chi connectivity index (χ1) is 9.22. The molecular weight excluding hydrogens is 322 g/mol. The van der Waals surface area contributed by atoms with Gasteiger partial charge < -0.3 is 5.11 Å². The average Bonchev–Trinajstić information content (AvgIpc) is 2.76. The van der Waals surface area contributed by atoms with Crippen molar-refractivity contribution in [3.63, 3.8) is 0 Å². The molecule has 2 unspecified atom stereocenters. The van der Waals surface area contributed by atoms with Gasteiger partial charge in [0.25, 0.3) is 0 Å². The van der Waals surface area contributed by atoms with Crippen LogP contribution in [-0.2, 0) is 32.0 Å². The smallest absolute Gasteiger partial charge is 0.308 e. The van der Waals surface area contributed by atoms with Crippen LogP contribution >= 0.6 is 11.3 Å². The maximum Gasteiger partial charge on any atom is 0.308 e. The highest BCUT2D eigenvalue weighted by atomic mass is 32.2. The van der Waals surface area contributed by atoms with Gasteiger partial charge in [-0.15, -0.1) is 11.3 Å². The van der Waals surface area contributed by atoms with Gasteiger partial charge in [0.15, 0.2) is 0 Å². The number of rotatable bonds is 8. The van der Waals surface area contributed by atoms with Crippen LogP contribution in [0.2, 0.25) is 0 Å². The first kappa shape index (κ1) is 17.3. The Morgan fingerprint density at radius 2 is 2.15 bits per heavy atom.